The van der Waals surface area contributed by atoms with Gasteiger partial charge in [0.1, 0.15) is 0 Å². The number of nitrogens with zero attached hydrogens (tertiary/aromatic N) is 2. The Bertz CT molecular complexity index is 5360. The fourth-order valence-corrected chi connectivity index (χ4v) is 15.6. The van der Waals surface area contributed by atoms with E-state index in [0.717, 1.165) is 22.5 Å². The fraction of sp³-hybridized carbons (Fsp3) is 0.250. The Morgan fingerprint density at radius 1 is 0.242 bits per heavy atom. The van der Waals surface area contributed by atoms with E-state index < -0.39 is 0 Å². The predicted molar refractivity (Wildman–Crippen MR) is 432 cm³/mol. The van der Waals surface area contributed by atoms with E-state index in [1.165, 1.54) is 149 Å². The van der Waals surface area contributed by atoms with Crippen molar-refractivity contribution in [2.75, 3.05) is 4.90 Å². The van der Waals surface area contributed by atoms with Gasteiger partial charge in [-0.2, -0.15) is 0 Å². The summed E-state index contributed by atoms with van der Waals surface area (Å²) in [6, 6.07) is 97.6. The molecule has 2 nitrogen and oxygen atoms in total. The highest BCUT2D eigenvalue weighted by molar-refractivity contribution is 7.00. The van der Waals surface area contributed by atoms with Crippen molar-refractivity contribution in [2.24, 2.45) is 0 Å². The molecule has 0 bridgehead atoms. The number of para-hydroxylation sites is 1. The Morgan fingerprint density at radius 2 is 0.616 bits per heavy atom. The first-order chi connectivity index (χ1) is 46.9. The van der Waals surface area contributed by atoms with E-state index in [9.17, 15) is 0 Å². The second-order valence-corrected chi connectivity index (χ2v) is 34.7. The van der Waals surface area contributed by atoms with Gasteiger partial charge in [0.2, 0.25) is 0 Å². The van der Waals surface area contributed by atoms with E-state index >= 15 is 0 Å². The van der Waals surface area contributed by atoms with Crippen molar-refractivity contribution < 1.29 is 0 Å². The largest absolute Gasteiger partial charge is 0.310 e. The van der Waals surface area contributed by atoms with Gasteiger partial charge in [0.25, 0.3) is 6.71 Å². The van der Waals surface area contributed by atoms with E-state index in [2.05, 4.69) is 383 Å². The van der Waals surface area contributed by atoms with Crippen LogP contribution in [-0.4, -0.2) is 11.3 Å². The van der Waals surface area contributed by atoms with Gasteiger partial charge in [-0.05, 0) is 191 Å². The van der Waals surface area contributed by atoms with Gasteiger partial charge in [-0.25, -0.2) is 0 Å². The van der Waals surface area contributed by atoms with E-state index in [-0.39, 0.29) is 39.2 Å². The van der Waals surface area contributed by atoms with E-state index in [1.807, 2.05) is 0 Å². The summed E-state index contributed by atoms with van der Waals surface area (Å²) in [5, 5.41) is 7.24. The molecule has 2 aliphatic rings. The van der Waals surface area contributed by atoms with Crippen molar-refractivity contribution in [3.05, 3.63) is 282 Å². The molecule has 0 amide bonds. The van der Waals surface area contributed by atoms with Gasteiger partial charge in [0.05, 0.1) is 11.2 Å². The van der Waals surface area contributed by atoms with Crippen LogP contribution in [0.15, 0.2) is 249 Å². The molecule has 0 saturated heterocycles. The minimum Gasteiger partial charge on any atom is -0.310 e. The number of rotatable bonds is 6. The van der Waals surface area contributed by atoms with Crippen LogP contribution in [0, 0.1) is 0 Å². The quantitative estimate of drug-likeness (QED) is 0.151. The zero-order valence-electron chi connectivity index (χ0n) is 61.6. The van der Waals surface area contributed by atoms with Gasteiger partial charge < -0.3 is 9.47 Å². The third-order valence-corrected chi connectivity index (χ3v) is 21.5. The molecule has 492 valence electrons. The average Bonchev–Trinajstić information content (AvgIpc) is 1.40. The molecule has 0 aliphatic carbocycles. The van der Waals surface area contributed by atoms with Gasteiger partial charge in [-0.15, -0.1) is 0 Å². The molecule has 0 atom stereocenters. The fourth-order valence-electron chi connectivity index (χ4n) is 15.6. The molecule has 0 radical (unpaired) electrons. The molecule has 0 spiro atoms. The second-order valence-electron chi connectivity index (χ2n) is 34.7. The third kappa shape index (κ3) is 11.6. The van der Waals surface area contributed by atoms with Gasteiger partial charge >= 0.3 is 0 Å². The van der Waals surface area contributed by atoms with Crippen LogP contribution in [0.25, 0.3) is 105 Å². The SMILES string of the molecule is CC(C)(C)c1cccc(-c2cc3c4c(c2)-n2c5ccccc5c5ccccc5c5ccccc5c5cc(-c6cc(C(C)(C)C)cc(C(C)(C)C)c6)cc(c52)B4c2ccc(-c4cc(C(C)(C)C)cc(C(C)(C)C)c4)cc2N3c2c(-c3ccccc3)cc(C(C)(C)C)cc2-c2ccccc2)c1. The highest BCUT2D eigenvalue weighted by Gasteiger charge is 2.44. The van der Waals surface area contributed by atoms with E-state index in [4.69, 9.17) is 0 Å². The molecule has 99 heavy (non-hydrogen) atoms. The van der Waals surface area contributed by atoms with Gasteiger partial charge in [-0.1, -0.05) is 331 Å². The lowest BCUT2D eigenvalue weighted by molar-refractivity contribution is 0.568. The van der Waals surface area contributed by atoms with Gasteiger partial charge in [0, 0.05) is 44.5 Å². The van der Waals surface area contributed by atoms with Crippen molar-refractivity contribution in [3.8, 4) is 61.3 Å². The summed E-state index contributed by atoms with van der Waals surface area (Å²) in [5.74, 6) is 0. The van der Waals surface area contributed by atoms with Crippen LogP contribution in [0.2, 0.25) is 0 Å². The Balaban J connectivity index is 1.22. The van der Waals surface area contributed by atoms with Crippen molar-refractivity contribution >= 4 is 83.5 Å². The molecule has 3 heterocycles. The first kappa shape index (κ1) is 65.3. The molecular formula is C96H95BN2. The minimum atomic E-state index is -0.245. The number of hydrogen-bond acceptors (Lipinski definition) is 1. The van der Waals surface area contributed by atoms with E-state index in [0.29, 0.717) is 0 Å². The maximum Gasteiger partial charge on any atom is 0.252 e. The van der Waals surface area contributed by atoms with Crippen LogP contribution in [-0.2, 0) is 32.5 Å². The Labute approximate surface area is 589 Å². The van der Waals surface area contributed by atoms with Crippen LogP contribution >= 0.6 is 0 Å². The Kier molecular flexibility index (Phi) is 15.5. The predicted octanol–water partition coefficient (Wildman–Crippen LogP) is 24.9. The van der Waals surface area contributed by atoms with Crippen molar-refractivity contribution in [3.63, 3.8) is 0 Å². The summed E-state index contributed by atoms with van der Waals surface area (Å²) in [5.41, 5.74) is 30.0. The molecule has 0 unspecified atom stereocenters. The molecule has 0 N–H and O–H groups in total. The van der Waals surface area contributed by atoms with Crippen LogP contribution in [0.5, 0.6) is 0 Å². The first-order valence-electron chi connectivity index (χ1n) is 36.0. The lowest BCUT2D eigenvalue weighted by Crippen LogP contribution is -2.60. The van der Waals surface area contributed by atoms with Crippen LogP contribution in [0.3, 0.4) is 0 Å². The third-order valence-electron chi connectivity index (χ3n) is 21.5. The van der Waals surface area contributed by atoms with Crippen LogP contribution in [0.4, 0.5) is 17.1 Å². The summed E-state index contributed by atoms with van der Waals surface area (Å²) in [7, 11) is 0. The first-order valence-corrected chi connectivity index (χ1v) is 36.0. The zero-order chi connectivity index (χ0) is 69.6. The number of aromatic nitrogens is 1. The lowest BCUT2D eigenvalue weighted by atomic mass is 9.33. The Hall–Kier alpha value is -9.70. The molecule has 2 aliphatic heterocycles. The summed E-state index contributed by atoms with van der Waals surface area (Å²) in [6.07, 6.45) is 0. The lowest BCUT2D eigenvalue weighted by Gasteiger charge is -2.43. The molecule has 13 aromatic rings. The highest BCUT2D eigenvalue weighted by atomic mass is 15.2. The van der Waals surface area contributed by atoms with Crippen molar-refractivity contribution in [2.45, 2.75) is 157 Å². The number of fused-ring (bicyclic) bond motifs is 11. The molecule has 12 aromatic carbocycles. The molecular weight excluding hydrogens is 1190 g/mol. The summed E-state index contributed by atoms with van der Waals surface area (Å²) in [4.78, 5) is 2.76. The highest BCUT2D eigenvalue weighted by Crippen LogP contribution is 2.53. The monoisotopic (exact) mass is 1290 g/mol. The van der Waals surface area contributed by atoms with Gasteiger partial charge in [-0.3, -0.25) is 0 Å². The normalized spacial score (nSPS) is 13.3. The second kappa shape index (κ2) is 23.5. The summed E-state index contributed by atoms with van der Waals surface area (Å²) >= 11 is 0. The van der Waals surface area contributed by atoms with Gasteiger partial charge in [0.15, 0.2) is 0 Å². The molecule has 15 rings (SSSR count). The standard InChI is InChI=1S/C96H95BN2/c1-91(2,3)68-37-31-36-62(46-68)67-54-86-88-87(55-67)99(89-79(60-32-21-19-22-33-60)58-73(96(16,17)18)59-80(89)61-34-23-20-24-35-61)85-53-63(64-47-69(92(4,5)6)56-70(48-64)93(7,8)9)44-45-82(85)97(88)83-52-66(65-49-71(94(10,11)12)57-72(50-65)95(13,14)15)51-81-77-41-28-26-39-75(77)74-38-25-27-40-76(74)78-42-29-30-43-84(78)98(86)90(81)83/h19-59H,1-18H3. The number of benzene rings is 12. The van der Waals surface area contributed by atoms with Crippen molar-refractivity contribution in [1.82, 2.24) is 4.57 Å². The topological polar surface area (TPSA) is 8.17 Å². The Morgan fingerprint density at radius 3 is 1.12 bits per heavy atom. The molecule has 0 saturated carbocycles. The maximum atomic E-state index is 2.76. The minimum absolute atomic E-state index is 0.0938. The number of anilines is 3. The molecule has 1 aromatic heterocycles. The summed E-state index contributed by atoms with van der Waals surface area (Å²) < 4.78 is 2.73. The molecule has 0 fully saturated rings. The smallest absolute Gasteiger partial charge is 0.252 e. The van der Waals surface area contributed by atoms with E-state index in [1.54, 1.807) is 0 Å². The van der Waals surface area contributed by atoms with Crippen LogP contribution in [0.1, 0.15) is 158 Å². The molecule has 3 heteroatoms. The summed E-state index contributed by atoms with van der Waals surface area (Å²) in [6.45, 7) is 42.3. The number of hydrogen-bond donors (Lipinski definition) is 0. The average molecular weight is 1290 g/mol. The van der Waals surface area contributed by atoms with Crippen molar-refractivity contribution in [1.29, 1.82) is 0 Å². The zero-order valence-corrected chi connectivity index (χ0v) is 61.6. The van der Waals surface area contributed by atoms with Crippen LogP contribution < -0.4 is 21.3 Å². The maximum absolute atomic E-state index is 2.76.